The van der Waals surface area contributed by atoms with Crippen molar-refractivity contribution in [1.82, 2.24) is 9.47 Å². The predicted molar refractivity (Wildman–Crippen MR) is 126 cm³/mol. The Morgan fingerprint density at radius 1 is 1.25 bits per heavy atom. The largest absolute Gasteiger partial charge is 0.383 e. The van der Waals surface area contributed by atoms with Gasteiger partial charge in [0.2, 0.25) is 0 Å². The minimum atomic E-state index is -0.199. The van der Waals surface area contributed by atoms with Gasteiger partial charge in [-0.15, -0.1) is 0 Å². The highest BCUT2D eigenvalue weighted by Crippen LogP contribution is 2.35. The number of halogens is 2. The molecule has 0 saturated carbocycles. The molecule has 1 aromatic heterocycles. The second-order valence-corrected chi connectivity index (χ2v) is 8.85. The fraction of sp³-hybridized carbons (Fsp3) is 0.400. The minimum Gasteiger partial charge on any atom is -0.383 e. The first-order valence-electron chi connectivity index (χ1n) is 11.0. The number of nitrogens with two attached hydrogens (primary N) is 1. The van der Waals surface area contributed by atoms with Gasteiger partial charge in [-0.3, -0.25) is 4.79 Å². The molecule has 1 aliphatic heterocycles. The summed E-state index contributed by atoms with van der Waals surface area (Å²) in [7, 11) is 1.66. The Hall–Kier alpha value is -2.41. The Morgan fingerprint density at radius 3 is 2.69 bits per heavy atom. The number of likely N-dealkylation sites (tertiary alicyclic amines) is 1. The summed E-state index contributed by atoms with van der Waals surface area (Å²) < 4.78 is 21.7. The molecule has 4 rings (SSSR count). The summed E-state index contributed by atoms with van der Waals surface area (Å²) in [4.78, 5) is 15.4. The van der Waals surface area contributed by atoms with E-state index in [1.165, 1.54) is 6.07 Å². The summed E-state index contributed by atoms with van der Waals surface area (Å²) in [6.07, 6.45) is 3.32. The van der Waals surface area contributed by atoms with Crippen molar-refractivity contribution in [1.29, 1.82) is 0 Å². The maximum absolute atomic E-state index is 14.4. The van der Waals surface area contributed by atoms with E-state index in [-0.39, 0.29) is 17.6 Å². The van der Waals surface area contributed by atoms with Crippen LogP contribution >= 0.6 is 11.6 Å². The molecule has 1 amide bonds. The molecule has 2 heterocycles. The molecule has 1 aliphatic rings. The van der Waals surface area contributed by atoms with Crippen LogP contribution in [0.4, 0.5) is 4.39 Å². The van der Waals surface area contributed by atoms with E-state index < -0.39 is 0 Å². The minimum absolute atomic E-state index is 0.0340. The van der Waals surface area contributed by atoms with Crippen LogP contribution in [0.5, 0.6) is 0 Å². The van der Waals surface area contributed by atoms with Crippen LogP contribution < -0.4 is 5.73 Å². The molecule has 0 aliphatic carbocycles. The van der Waals surface area contributed by atoms with Crippen LogP contribution in [0.3, 0.4) is 0 Å². The van der Waals surface area contributed by atoms with Gasteiger partial charge in [-0.2, -0.15) is 0 Å². The number of hydrogen-bond acceptors (Lipinski definition) is 3. The number of carbonyl (C=O) groups is 1. The molecule has 0 atom stereocenters. The number of aromatic nitrogens is 1. The van der Waals surface area contributed by atoms with Crippen molar-refractivity contribution in [3.63, 3.8) is 0 Å². The average molecular weight is 458 g/mol. The summed E-state index contributed by atoms with van der Waals surface area (Å²) in [6.45, 7) is 4.74. The van der Waals surface area contributed by atoms with E-state index in [2.05, 4.69) is 0 Å². The van der Waals surface area contributed by atoms with Crippen molar-refractivity contribution in [3.05, 3.63) is 69.6 Å². The first kappa shape index (κ1) is 22.8. The van der Waals surface area contributed by atoms with Gasteiger partial charge >= 0.3 is 0 Å². The molecule has 0 bridgehead atoms. The first-order valence-corrected chi connectivity index (χ1v) is 11.4. The van der Waals surface area contributed by atoms with Gasteiger partial charge in [-0.25, -0.2) is 4.39 Å². The van der Waals surface area contributed by atoms with E-state index in [0.29, 0.717) is 61.8 Å². The number of ether oxygens (including phenoxy) is 1. The fourth-order valence-corrected chi connectivity index (χ4v) is 4.96. The van der Waals surface area contributed by atoms with Crippen molar-refractivity contribution < 1.29 is 13.9 Å². The maximum atomic E-state index is 14.4. The molecule has 2 N–H and O–H groups in total. The molecule has 1 saturated heterocycles. The Labute approximate surface area is 192 Å². The Bertz CT molecular complexity index is 1140. The highest BCUT2D eigenvalue weighted by Gasteiger charge is 2.29. The van der Waals surface area contributed by atoms with E-state index in [9.17, 15) is 9.18 Å². The van der Waals surface area contributed by atoms with Gasteiger partial charge in [-0.05, 0) is 54.5 Å². The average Bonchev–Trinajstić information content (AvgIpc) is 3.21. The van der Waals surface area contributed by atoms with Crippen molar-refractivity contribution in [2.75, 3.05) is 26.8 Å². The number of fused-ring (bicyclic) bond motifs is 1. The van der Waals surface area contributed by atoms with Crippen LogP contribution in [0.2, 0.25) is 5.02 Å². The van der Waals surface area contributed by atoms with E-state index >= 15 is 0 Å². The summed E-state index contributed by atoms with van der Waals surface area (Å²) in [5.74, 6) is -0.150. The zero-order valence-corrected chi connectivity index (χ0v) is 19.3. The number of benzene rings is 2. The third-order valence-corrected chi connectivity index (χ3v) is 6.77. The monoisotopic (exact) mass is 457 g/mol. The molecular formula is C25H29ClFN3O2. The highest BCUT2D eigenvalue weighted by molar-refractivity contribution is 6.37. The summed E-state index contributed by atoms with van der Waals surface area (Å²) >= 11 is 6.55. The number of nitrogens with zero attached hydrogens (tertiary/aromatic N) is 2. The topological polar surface area (TPSA) is 60.5 Å². The zero-order valence-electron chi connectivity index (χ0n) is 18.5. The van der Waals surface area contributed by atoms with Gasteiger partial charge in [0.25, 0.3) is 5.91 Å². The highest BCUT2D eigenvalue weighted by atomic mass is 35.5. The van der Waals surface area contributed by atoms with Crippen molar-refractivity contribution in [2.45, 2.75) is 38.8 Å². The Kier molecular flexibility index (Phi) is 6.84. The number of hydrogen-bond donors (Lipinski definition) is 1. The zero-order chi connectivity index (χ0) is 22.8. The standard InChI is InChI=1S/C25H29ClFN3O2/c1-16-3-5-21(26)23-20(15-30(24(16)23)11-12-32-2)25(31)29-9-7-18(8-10-29)19-13-17(14-28)4-6-22(19)27/h3-6,13,15,18H,7-12,14,28H2,1-2H3. The number of rotatable bonds is 6. The molecular weight excluding hydrogens is 429 g/mol. The smallest absolute Gasteiger partial charge is 0.256 e. The summed E-state index contributed by atoms with van der Waals surface area (Å²) in [5.41, 5.74) is 10.00. The van der Waals surface area contributed by atoms with Crippen LogP contribution in [0.15, 0.2) is 36.5 Å². The second kappa shape index (κ2) is 9.61. The molecule has 32 heavy (non-hydrogen) atoms. The molecule has 0 spiro atoms. The van der Waals surface area contributed by atoms with Crippen LogP contribution in [-0.2, 0) is 17.8 Å². The lowest BCUT2D eigenvalue weighted by molar-refractivity contribution is 0.0714. The lowest BCUT2D eigenvalue weighted by Gasteiger charge is -2.32. The van der Waals surface area contributed by atoms with E-state index in [1.807, 2.05) is 40.8 Å². The lowest BCUT2D eigenvalue weighted by Crippen LogP contribution is -2.38. The third kappa shape index (κ3) is 4.27. The van der Waals surface area contributed by atoms with Crippen molar-refractivity contribution >= 4 is 28.4 Å². The number of methoxy groups -OCH3 is 1. The normalized spacial score (nSPS) is 15.0. The molecule has 2 aromatic carbocycles. The molecule has 0 radical (unpaired) electrons. The van der Waals surface area contributed by atoms with Crippen molar-refractivity contribution in [3.8, 4) is 0 Å². The van der Waals surface area contributed by atoms with Crippen LogP contribution in [0.25, 0.3) is 10.9 Å². The van der Waals surface area contributed by atoms with Gasteiger partial charge in [0.1, 0.15) is 5.82 Å². The summed E-state index contributed by atoms with van der Waals surface area (Å²) in [5, 5.41) is 1.36. The van der Waals surface area contributed by atoms with E-state index in [1.54, 1.807) is 13.2 Å². The Balaban J connectivity index is 1.58. The molecule has 7 heteroatoms. The van der Waals surface area contributed by atoms with Gasteiger partial charge in [0.05, 0.1) is 22.7 Å². The van der Waals surface area contributed by atoms with Gasteiger partial charge in [0.15, 0.2) is 0 Å². The molecule has 3 aromatic rings. The number of carbonyl (C=O) groups excluding carboxylic acids is 1. The number of piperidine rings is 1. The second-order valence-electron chi connectivity index (χ2n) is 8.44. The van der Waals surface area contributed by atoms with E-state index in [0.717, 1.165) is 22.0 Å². The lowest BCUT2D eigenvalue weighted by atomic mass is 9.88. The molecule has 1 fully saturated rings. The number of amides is 1. The first-order chi connectivity index (χ1) is 15.4. The van der Waals surface area contributed by atoms with Gasteiger partial charge in [-0.1, -0.05) is 29.8 Å². The third-order valence-electron chi connectivity index (χ3n) is 6.46. The molecule has 170 valence electrons. The SMILES string of the molecule is COCCn1cc(C(=O)N2CCC(c3cc(CN)ccc3F)CC2)c2c(Cl)ccc(C)c21. The fourth-order valence-electron chi connectivity index (χ4n) is 4.71. The van der Waals surface area contributed by atoms with Crippen LogP contribution in [-0.4, -0.2) is 42.2 Å². The predicted octanol–water partition coefficient (Wildman–Crippen LogP) is 4.87. The molecule has 0 unspecified atom stereocenters. The van der Waals surface area contributed by atoms with E-state index in [4.69, 9.17) is 22.1 Å². The quantitative estimate of drug-likeness (QED) is 0.574. The summed E-state index contributed by atoms with van der Waals surface area (Å²) in [6, 6.07) is 8.90. The Morgan fingerprint density at radius 2 is 2.00 bits per heavy atom. The van der Waals surface area contributed by atoms with Gasteiger partial charge in [0, 0.05) is 44.9 Å². The van der Waals surface area contributed by atoms with Crippen LogP contribution in [0, 0.1) is 12.7 Å². The number of aryl methyl sites for hydroxylation is 1. The van der Waals surface area contributed by atoms with Crippen LogP contribution in [0.1, 0.15) is 45.8 Å². The van der Waals surface area contributed by atoms with Gasteiger partial charge < -0.3 is 19.9 Å². The maximum Gasteiger partial charge on any atom is 0.256 e. The molecule has 5 nitrogen and oxygen atoms in total. The van der Waals surface area contributed by atoms with Crippen molar-refractivity contribution in [2.24, 2.45) is 5.73 Å².